The first kappa shape index (κ1) is 17.1. The van der Waals surface area contributed by atoms with Crippen LogP contribution in [-0.4, -0.2) is 19.8 Å². The highest BCUT2D eigenvalue weighted by atomic mass is 32.2. The summed E-state index contributed by atoms with van der Waals surface area (Å²) in [6.07, 6.45) is 0.664. The average Bonchev–Trinajstić information content (AvgIpc) is 3.22. The predicted molar refractivity (Wildman–Crippen MR) is 102 cm³/mol. The number of aromatic nitrogens is 4. The van der Waals surface area contributed by atoms with Crippen molar-refractivity contribution in [2.75, 3.05) is 0 Å². The molecular weight excluding hydrogens is 369 g/mol. The minimum Gasteiger partial charge on any atom is -0.321 e. The van der Waals surface area contributed by atoms with E-state index >= 15 is 0 Å². The Balaban J connectivity index is 1.50. The SMILES string of the molecule is NC(Cc1ccccc1)c1nnc2sc(SCc3ccccc3F)nn12. The zero-order chi connectivity index (χ0) is 17.9. The van der Waals surface area contributed by atoms with Crippen molar-refractivity contribution in [2.45, 2.75) is 22.6 Å². The lowest BCUT2D eigenvalue weighted by Crippen LogP contribution is -2.17. The fraction of sp³-hybridized carbons (Fsp3) is 0.167. The largest absolute Gasteiger partial charge is 0.321 e. The molecule has 0 aliphatic heterocycles. The Kier molecular flexibility index (Phi) is 4.96. The van der Waals surface area contributed by atoms with Crippen molar-refractivity contribution in [1.29, 1.82) is 0 Å². The fourth-order valence-corrected chi connectivity index (χ4v) is 4.49. The molecule has 2 aromatic heterocycles. The van der Waals surface area contributed by atoms with Crippen molar-refractivity contribution in [1.82, 2.24) is 19.8 Å². The van der Waals surface area contributed by atoms with Crippen LogP contribution in [0, 0.1) is 5.82 Å². The zero-order valence-corrected chi connectivity index (χ0v) is 15.4. The lowest BCUT2D eigenvalue weighted by molar-refractivity contribution is 0.617. The molecule has 5 nitrogen and oxygen atoms in total. The van der Waals surface area contributed by atoms with Gasteiger partial charge in [-0.3, -0.25) is 0 Å². The Morgan fingerprint density at radius 2 is 1.85 bits per heavy atom. The van der Waals surface area contributed by atoms with Gasteiger partial charge in [-0.25, -0.2) is 4.39 Å². The molecule has 1 atom stereocenters. The van der Waals surface area contributed by atoms with Gasteiger partial charge in [0.2, 0.25) is 4.96 Å². The van der Waals surface area contributed by atoms with E-state index in [1.165, 1.54) is 29.2 Å². The lowest BCUT2D eigenvalue weighted by atomic mass is 10.1. The summed E-state index contributed by atoms with van der Waals surface area (Å²) in [5.74, 6) is 0.953. The molecule has 0 saturated carbocycles. The van der Waals surface area contributed by atoms with Crippen LogP contribution in [0.1, 0.15) is 23.0 Å². The topological polar surface area (TPSA) is 69.1 Å². The molecule has 0 spiro atoms. The average molecular weight is 385 g/mol. The second-order valence-corrected chi connectivity index (χ2v) is 7.98. The maximum Gasteiger partial charge on any atom is 0.235 e. The molecule has 8 heteroatoms. The van der Waals surface area contributed by atoms with E-state index in [1.807, 2.05) is 36.4 Å². The molecule has 0 aliphatic rings. The summed E-state index contributed by atoms with van der Waals surface area (Å²) in [5.41, 5.74) is 8.11. The van der Waals surface area contributed by atoms with Crippen molar-refractivity contribution in [3.05, 3.63) is 77.4 Å². The van der Waals surface area contributed by atoms with Crippen molar-refractivity contribution < 1.29 is 4.39 Å². The molecule has 0 aliphatic carbocycles. The van der Waals surface area contributed by atoms with Gasteiger partial charge in [0.05, 0.1) is 6.04 Å². The van der Waals surface area contributed by atoms with Crippen molar-refractivity contribution in [3.8, 4) is 0 Å². The molecule has 0 bridgehead atoms. The maximum atomic E-state index is 13.7. The fourth-order valence-electron chi connectivity index (χ4n) is 2.62. The number of fused-ring (bicyclic) bond motifs is 1. The Morgan fingerprint density at radius 3 is 2.65 bits per heavy atom. The summed E-state index contributed by atoms with van der Waals surface area (Å²) >= 11 is 2.91. The number of nitrogens with two attached hydrogens (primary N) is 1. The van der Waals surface area contributed by atoms with E-state index in [0.29, 0.717) is 28.5 Å². The first-order chi connectivity index (χ1) is 12.7. The zero-order valence-electron chi connectivity index (χ0n) is 13.7. The van der Waals surface area contributed by atoms with Crippen molar-refractivity contribution >= 4 is 28.1 Å². The number of rotatable bonds is 6. The van der Waals surface area contributed by atoms with Gasteiger partial charge in [0.15, 0.2) is 10.2 Å². The van der Waals surface area contributed by atoms with Crippen molar-refractivity contribution in [2.24, 2.45) is 5.73 Å². The molecule has 4 rings (SSSR count). The third-order valence-electron chi connectivity index (χ3n) is 3.94. The number of nitrogens with zero attached hydrogens (tertiary/aromatic N) is 4. The Bertz CT molecular complexity index is 1010. The van der Waals surface area contributed by atoms with E-state index in [2.05, 4.69) is 15.3 Å². The molecule has 1 unspecified atom stereocenters. The van der Waals surface area contributed by atoms with E-state index in [9.17, 15) is 4.39 Å². The van der Waals surface area contributed by atoms with E-state index < -0.39 is 0 Å². The van der Waals surface area contributed by atoms with E-state index in [1.54, 1.807) is 16.6 Å². The number of thioether (sulfide) groups is 1. The van der Waals surface area contributed by atoms with Crippen LogP contribution in [0.4, 0.5) is 4.39 Å². The van der Waals surface area contributed by atoms with Crippen LogP contribution < -0.4 is 5.73 Å². The minimum atomic E-state index is -0.293. The molecule has 0 fully saturated rings. The number of hydrogen-bond donors (Lipinski definition) is 1. The third kappa shape index (κ3) is 3.62. The third-order valence-corrected chi connectivity index (χ3v) is 6.02. The smallest absolute Gasteiger partial charge is 0.235 e. The number of halogens is 1. The second-order valence-electron chi connectivity index (χ2n) is 5.80. The highest BCUT2D eigenvalue weighted by molar-refractivity contribution is 8.00. The first-order valence-corrected chi connectivity index (χ1v) is 9.89. The summed E-state index contributed by atoms with van der Waals surface area (Å²) < 4.78 is 16.2. The standard InChI is InChI=1S/C18H16FN5S2/c19-14-9-5-4-8-13(14)11-25-18-23-24-16(21-22-17(24)26-18)15(20)10-12-6-2-1-3-7-12/h1-9,15H,10-11,20H2. The second kappa shape index (κ2) is 7.53. The van der Waals surface area contributed by atoms with Gasteiger partial charge in [-0.1, -0.05) is 71.6 Å². The Morgan fingerprint density at radius 1 is 1.08 bits per heavy atom. The molecule has 2 heterocycles. The molecule has 0 amide bonds. The van der Waals surface area contributed by atoms with Crippen LogP contribution >= 0.6 is 23.1 Å². The van der Waals surface area contributed by atoms with E-state index in [-0.39, 0.29) is 11.9 Å². The highest BCUT2D eigenvalue weighted by Crippen LogP contribution is 2.29. The van der Waals surface area contributed by atoms with Gasteiger partial charge >= 0.3 is 0 Å². The predicted octanol–water partition coefficient (Wildman–Crippen LogP) is 3.86. The lowest BCUT2D eigenvalue weighted by Gasteiger charge is -2.08. The van der Waals surface area contributed by atoms with Crippen LogP contribution in [0.5, 0.6) is 0 Å². The summed E-state index contributed by atoms with van der Waals surface area (Å²) in [6.45, 7) is 0. The number of benzene rings is 2. The van der Waals surface area contributed by atoms with Gasteiger partial charge in [-0.05, 0) is 23.6 Å². The maximum absolute atomic E-state index is 13.7. The summed E-state index contributed by atoms with van der Waals surface area (Å²) in [5, 5.41) is 12.9. The van der Waals surface area contributed by atoms with E-state index in [0.717, 1.165) is 9.90 Å². The molecule has 0 radical (unpaired) electrons. The van der Waals surface area contributed by atoms with Gasteiger partial charge in [-0.2, -0.15) is 4.52 Å². The molecular formula is C18H16FN5S2. The van der Waals surface area contributed by atoms with Crippen LogP contribution in [0.25, 0.3) is 4.96 Å². The Hall–Kier alpha value is -2.29. The first-order valence-electron chi connectivity index (χ1n) is 8.08. The van der Waals surface area contributed by atoms with Crippen LogP contribution in [0.15, 0.2) is 58.9 Å². The Labute approximate surface area is 158 Å². The van der Waals surface area contributed by atoms with E-state index in [4.69, 9.17) is 5.73 Å². The van der Waals surface area contributed by atoms with Crippen LogP contribution in [-0.2, 0) is 12.2 Å². The minimum absolute atomic E-state index is 0.200. The van der Waals surface area contributed by atoms with Crippen molar-refractivity contribution in [3.63, 3.8) is 0 Å². The van der Waals surface area contributed by atoms with Gasteiger partial charge < -0.3 is 5.73 Å². The molecule has 132 valence electrons. The van der Waals surface area contributed by atoms with Gasteiger partial charge in [-0.15, -0.1) is 15.3 Å². The normalized spacial score (nSPS) is 12.5. The molecule has 2 N–H and O–H groups in total. The summed E-state index contributed by atoms with van der Waals surface area (Å²) in [7, 11) is 0. The number of hydrogen-bond acceptors (Lipinski definition) is 6. The van der Waals surface area contributed by atoms with Gasteiger partial charge in [0, 0.05) is 5.75 Å². The highest BCUT2D eigenvalue weighted by Gasteiger charge is 2.18. The van der Waals surface area contributed by atoms with Gasteiger partial charge in [0.1, 0.15) is 5.82 Å². The molecule has 2 aromatic carbocycles. The monoisotopic (exact) mass is 385 g/mol. The molecule has 0 saturated heterocycles. The quantitative estimate of drug-likeness (QED) is 0.511. The van der Waals surface area contributed by atoms with Crippen LogP contribution in [0.3, 0.4) is 0 Å². The summed E-state index contributed by atoms with van der Waals surface area (Å²) in [6, 6.07) is 16.5. The van der Waals surface area contributed by atoms with Gasteiger partial charge in [0.25, 0.3) is 0 Å². The molecule has 4 aromatic rings. The van der Waals surface area contributed by atoms with Crippen LogP contribution in [0.2, 0.25) is 0 Å². The summed E-state index contributed by atoms with van der Waals surface area (Å²) in [4.78, 5) is 0.694. The molecule has 26 heavy (non-hydrogen) atoms.